The third-order valence-corrected chi connectivity index (χ3v) is 5.15. The highest BCUT2D eigenvalue weighted by Crippen LogP contribution is 2.32. The van der Waals surface area contributed by atoms with Gasteiger partial charge in [-0.05, 0) is 32.1 Å². The Hall–Kier alpha value is -0.610. The van der Waals surface area contributed by atoms with Crippen LogP contribution in [0.1, 0.15) is 51.4 Å². The van der Waals surface area contributed by atoms with E-state index in [9.17, 15) is 4.79 Å². The summed E-state index contributed by atoms with van der Waals surface area (Å²) in [5.74, 6) is 0.0428. The number of methoxy groups -OCH3 is 1. The Morgan fingerprint density at radius 1 is 1.05 bits per heavy atom. The van der Waals surface area contributed by atoms with E-state index in [0.717, 1.165) is 25.6 Å². The van der Waals surface area contributed by atoms with Crippen LogP contribution in [0.15, 0.2) is 0 Å². The summed E-state index contributed by atoms with van der Waals surface area (Å²) in [4.78, 5) is 14.4. The fourth-order valence-corrected chi connectivity index (χ4v) is 3.93. The van der Waals surface area contributed by atoms with Gasteiger partial charge in [0, 0.05) is 31.2 Å². The molecule has 20 heavy (non-hydrogen) atoms. The van der Waals surface area contributed by atoms with E-state index in [-0.39, 0.29) is 11.9 Å². The minimum atomic E-state index is -0.0224. The molecule has 1 aliphatic heterocycles. The van der Waals surface area contributed by atoms with E-state index in [4.69, 9.17) is 4.74 Å². The number of esters is 1. The van der Waals surface area contributed by atoms with Crippen molar-refractivity contribution >= 4 is 5.97 Å². The maximum atomic E-state index is 11.9. The molecule has 0 spiro atoms. The third kappa shape index (κ3) is 3.53. The van der Waals surface area contributed by atoms with E-state index < -0.39 is 0 Å². The summed E-state index contributed by atoms with van der Waals surface area (Å²) in [6, 6.07) is 1.88. The van der Waals surface area contributed by atoms with Gasteiger partial charge in [0.15, 0.2) is 0 Å². The lowest BCUT2D eigenvalue weighted by atomic mass is 9.90. The van der Waals surface area contributed by atoms with Crippen LogP contribution < -0.4 is 5.32 Å². The van der Waals surface area contributed by atoms with Crippen LogP contribution in [0.5, 0.6) is 0 Å². The largest absolute Gasteiger partial charge is 0.469 e. The molecule has 0 aromatic heterocycles. The molecule has 0 bridgehead atoms. The Morgan fingerprint density at radius 2 is 1.80 bits per heavy atom. The summed E-state index contributed by atoms with van der Waals surface area (Å²) in [6.07, 6.45) is 10.3. The van der Waals surface area contributed by atoms with E-state index in [1.165, 1.54) is 52.1 Å². The maximum absolute atomic E-state index is 11.9. The quantitative estimate of drug-likeness (QED) is 0.799. The molecule has 2 atom stereocenters. The van der Waals surface area contributed by atoms with Crippen LogP contribution in [-0.2, 0) is 9.53 Å². The summed E-state index contributed by atoms with van der Waals surface area (Å²) in [5, 5.41) is 3.83. The molecule has 1 saturated heterocycles. The number of rotatable bonds is 4. The van der Waals surface area contributed by atoms with Crippen molar-refractivity contribution in [3.8, 4) is 0 Å². The molecule has 4 heteroatoms. The zero-order valence-electron chi connectivity index (χ0n) is 12.6. The number of ether oxygens (including phenoxy) is 1. The van der Waals surface area contributed by atoms with Gasteiger partial charge in [-0.3, -0.25) is 9.69 Å². The topological polar surface area (TPSA) is 41.6 Å². The van der Waals surface area contributed by atoms with Crippen molar-refractivity contribution in [1.29, 1.82) is 0 Å². The predicted molar refractivity (Wildman–Crippen MR) is 78.5 cm³/mol. The zero-order valence-corrected chi connectivity index (χ0v) is 12.6. The molecule has 2 unspecified atom stereocenters. The van der Waals surface area contributed by atoms with Crippen LogP contribution in [0, 0.1) is 5.92 Å². The lowest BCUT2D eigenvalue weighted by molar-refractivity contribution is -0.147. The summed E-state index contributed by atoms with van der Waals surface area (Å²) < 4.78 is 4.98. The molecule has 3 fully saturated rings. The molecular weight excluding hydrogens is 252 g/mol. The van der Waals surface area contributed by atoms with Crippen LogP contribution in [0.25, 0.3) is 0 Å². The van der Waals surface area contributed by atoms with Crippen LogP contribution in [0.3, 0.4) is 0 Å². The van der Waals surface area contributed by atoms with Crippen molar-refractivity contribution in [3.05, 3.63) is 0 Å². The fourth-order valence-electron chi connectivity index (χ4n) is 3.93. The van der Waals surface area contributed by atoms with E-state index in [0.29, 0.717) is 12.1 Å². The minimum Gasteiger partial charge on any atom is -0.469 e. The Morgan fingerprint density at radius 3 is 2.45 bits per heavy atom. The lowest BCUT2D eigenvalue weighted by Gasteiger charge is -2.39. The molecule has 0 radical (unpaired) electrons. The van der Waals surface area contributed by atoms with Crippen LogP contribution in [0.2, 0.25) is 0 Å². The number of likely N-dealkylation sites (tertiary alicyclic amines) is 1. The molecule has 0 aromatic rings. The number of hydrogen-bond acceptors (Lipinski definition) is 4. The predicted octanol–water partition coefficient (Wildman–Crippen LogP) is 1.93. The first-order chi connectivity index (χ1) is 9.76. The van der Waals surface area contributed by atoms with E-state index >= 15 is 0 Å². The average Bonchev–Trinajstić information content (AvgIpc) is 3.32. The molecule has 3 rings (SSSR count). The summed E-state index contributed by atoms with van der Waals surface area (Å²) >= 11 is 0. The molecule has 2 saturated carbocycles. The van der Waals surface area contributed by atoms with Gasteiger partial charge in [0.2, 0.25) is 0 Å². The second-order valence-corrected chi connectivity index (χ2v) is 6.84. The summed E-state index contributed by atoms with van der Waals surface area (Å²) in [7, 11) is 1.52. The molecule has 0 amide bonds. The molecule has 0 aromatic carbocycles. The highest BCUT2D eigenvalue weighted by atomic mass is 16.5. The average molecular weight is 280 g/mol. The van der Waals surface area contributed by atoms with Crippen molar-refractivity contribution in [3.63, 3.8) is 0 Å². The summed E-state index contributed by atoms with van der Waals surface area (Å²) in [6.45, 7) is 2.02. The highest BCUT2D eigenvalue weighted by Gasteiger charge is 2.39. The second kappa shape index (κ2) is 6.44. The van der Waals surface area contributed by atoms with Gasteiger partial charge in [-0.2, -0.15) is 0 Å². The van der Waals surface area contributed by atoms with Gasteiger partial charge < -0.3 is 10.1 Å². The Balaban J connectivity index is 1.58. The molecular formula is C16H28N2O2. The first-order valence-electron chi connectivity index (χ1n) is 8.34. The van der Waals surface area contributed by atoms with Crippen molar-refractivity contribution in [2.45, 2.75) is 69.5 Å². The van der Waals surface area contributed by atoms with Gasteiger partial charge in [0.25, 0.3) is 0 Å². The first kappa shape index (κ1) is 14.3. The number of nitrogens with one attached hydrogen (secondary N) is 1. The standard InChI is InChI=1S/C16H28N2O2/c1-20-16(19)12-9-14(11-18(10-12)15-7-8-15)17-13-5-3-2-4-6-13/h12-15,17H,2-11H2,1H3. The molecule has 3 aliphatic rings. The smallest absolute Gasteiger partial charge is 0.310 e. The second-order valence-electron chi connectivity index (χ2n) is 6.84. The normalized spacial score (nSPS) is 33.0. The van der Waals surface area contributed by atoms with Crippen LogP contribution in [-0.4, -0.2) is 49.2 Å². The van der Waals surface area contributed by atoms with Gasteiger partial charge in [0.1, 0.15) is 0 Å². The van der Waals surface area contributed by atoms with Crippen molar-refractivity contribution in [2.75, 3.05) is 20.2 Å². The highest BCUT2D eigenvalue weighted by molar-refractivity contribution is 5.72. The molecule has 2 aliphatic carbocycles. The lowest BCUT2D eigenvalue weighted by Crippen LogP contribution is -2.54. The van der Waals surface area contributed by atoms with Crippen molar-refractivity contribution < 1.29 is 9.53 Å². The number of carbonyl (C=O) groups excluding carboxylic acids is 1. The number of hydrogen-bond donors (Lipinski definition) is 1. The Kier molecular flexibility index (Phi) is 4.61. The van der Waals surface area contributed by atoms with Gasteiger partial charge >= 0.3 is 5.97 Å². The number of piperidine rings is 1. The molecule has 1 N–H and O–H groups in total. The van der Waals surface area contributed by atoms with Crippen LogP contribution >= 0.6 is 0 Å². The molecule has 1 heterocycles. The van der Waals surface area contributed by atoms with Crippen LogP contribution in [0.4, 0.5) is 0 Å². The van der Waals surface area contributed by atoms with Crippen molar-refractivity contribution in [1.82, 2.24) is 10.2 Å². The number of nitrogens with zero attached hydrogens (tertiary/aromatic N) is 1. The van der Waals surface area contributed by atoms with Gasteiger partial charge in [-0.1, -0.05) is 19.3 Å². The van der Waals surface area contributed by atoms with Gasteiger partial charge in [-0.25, -0.2) is 0 Å². The molecule has 4 nitrogen and oxygen atoms in total. The monoisotopic (exact) mass is 280 g/mol. The molecule has 114 valence electrons. The van der Waals surface area contributed by atoms with E-state index in [2.05, 4.69) is 10.2 Å². The maximum Gasteiger partial charge on any atom is 0.310 e. The first-order valence-corrected chi connectivity index (χ1v) is 8.34. The van der Waals surface area contributed by atoms with Gasteiger partial charge in [-0.15, -0.1) is 0 Å². The van der Waals surface area contributed by atoms with Crippen molar-refractivity contribution in [2.24, 2.45) is 5.92 Å². The Bertz CT molecular complexity index is 337. The fraction of sp³-hybridized carbons (Fsp3) is 0.938. The third-order valence-electron chi connectivity index (χ3n) is 5.15. The van der Waals surface area contributed by atoms with Gasteiger partial charge in [0.05, 0.1) is 13.0 Å². The Labute approximate surface area is 122 Å². The zero-order chi connectivity index (χ0) is 13.9. The van der Waals surface area contributed by atoms with E-state index in [1.807, 2.05) is 0 Å². The van der Waals surface area contributed by atoms with E-state index in [1.54, 1.807) is 0 Å². The summed E-state index contributed by atoms with van der Waals surface area (Å²) in [5.41, 5.74) is 0. The SMILES string of the molecule is COC(=O)C1CC(NC2CCCCC2)CN(C2CC2)C1. The minimum absolute atomic E-state index is 0.0224. The number of carbonyl (C=O) groups is 1.